The Labute approximate surface area is 107 Å². The molecule has 3 nitrogen and oxygen atoms in total. The van der Waals surface area contributed by atoms with Crippen molar-refractivity contribution in [2.24, 2.45) is 5.73 Å². The van der Waals surface area contributed by atoms with Crippen molar-refractivity contribution in [2.45, 2.75) is 38.1 Å². The Morgan fingerprint density at radius 2 is 2.06 bits per heavy atom. The Kier molecular flexibility index (Phi) is 2.42. The lowest BCUT2D eigenvalue weighted by molar-refractivity contribution is 0.407. The van der Waals surface area contributed by atoms with Gasteiger partial charge in [0.2, 0.25) is 0 Å². The van der Waals surface area contributed by atoms with Gasteiger partial charge in [-0.25, -0.2) is 0 Å². The number of ether oxygens (including phenoxy) is 1. The number of methoxy groups -OCH3 is 1. The van der Waals surface area contributed by atoms with Gasteiger partial charge in [-0.05, 0) is 50.5 Å². The highest BCUT2D eigenvalue weighted by Crippen LogP contribution is 2.52. The molecule has 1 aliphatic carbocycles. The van der Waals surface area contributed by atoms with E-state index in [4.69, 9.17) is 14.9 Å². The first-order valence-electron chi connectivity index (χ1n) is 6.41. The van der Waals surface area contributed by atoms with Gasteiger partial charge in [0.15, 0.2) is 11.3 Å². The Morgan fingerprint density at radius 3 is 2.61 bits per heavy atom. The Hall–Kier alpha value is -1.48. The van der Waals surface area contributed by atoms with Gasteiger partial charge in [-0.3, -0.25) is 0 Å². The Balaban J connectivity index is 2.20. The van der Waals surface area contributed by atoms with Gasteiger partial charge in [-0.1, -0.05) is 0 Å². The second-order valence-electron chi connectivity index (χ2n) is 5.40. The normalized spacial score (nSPS) is 18.9. The average molecular weight is 245 g/mol. The summed E-state index contributed by atoms with van der Waals surface area (Å²) in [5.74, 6) is 1.72. The minimum Gasteiger partial charge on any atom is -0.493 e. The molecule has 3 rings (SSSR count). The van der Waals surface area contributed by atoms with Crippen LogP contribution in [0.1, 0.15) is 31.1 Å². The van der Waals surface area contributed by atoms with Gasteiger partial charge >= 0.3 is 0 Å². The maximum Gasteiger partial charge on any atom is 0.176 e. The molecule has 18 heavy (non-hydrogen) atoms. The van der Waals surface area contributed by atoms with Crippen molar-refractivity contribution in [2.75, 3.05) is 7.11 Å². The van der Waals surface area contributed by atoms with E-state index >= 15 is 0 Å². The molecule has 0 aliphatic heterocycles. The first-order chi connectivity index (χ1) is 8.56. The zero-order valence-electron chi connectivity index (χ0n) is 11.1. The summed E-state index contributed by atoms with van der Waals surface area (Å²) in [6, 6.07) is 6.51. The van der Waals surface area contributed by atoms with Crippen molar-refractivity contribution in [1.82, 2.24) is 0 Å². The van der Waals surface area contributed by atoms with Crippen molar-refractivity contribution in [3.8, 4) is 5.75 Å². The highest BCUT2D eigenvalue weighted by molar-refractivity contribution is 5.85. The molecule has 1 aromatic carbocycles. The fourth-order valence-corrected chi connectivity index (χ4v) is 2.83. The molecule has 1 saturated carbocycles. The molecule has 2 N–H and O–H groups in total. The van der Waals surface area contributed by atoms with Crippen LogP contribution < -0.4 is 10.5 Å². The van der Waals surface area contributed by atoms with Crippen LogP contribution >= 0.6 is 0 Å². The van der Waals surface area contributed by atoms with Gasteiger partial charge in [0, 0.05) is 16.8 Å². The predicted molar refractivity (Wildman–Crippen MR) is 72.1 cm³/mol. The predicted octanol–water partition coefficient (Wildman–Crippen LogP) is 3.13. The third kappa shape index (κ3) is 1.54. The van der Waals surface area contributed by atoms with Gasteiger partial charge in [0.05, 0.1) is 7.11 Å². The van der Waals surface area contributed by atoms with E-state index in [2.05, 4.69) is 25.1 Å². The smallest absolute Gasteiger partial charge is 0.176 e. The van der Waals surface area contributed by atoms with Crippen LogP contribution in [0.5, 0.6) is 5.75 Å². The molecule has 1 heterocycles. The van der Waals surface area contributed by atoms with Crippen LogP contribution in [0.25, 0.3) is 11.0 Å². The quantitative estimate of drug-likeness (QED) is 0.903. The minimum atomic E-state index is 0.145. The zero-order valence-corrected chi connectivity index (χ0v) is 11.1. The second kappa shape index (κ2) is 3.75. The number of benzene rings is 1. The third-order valence-corrected chi connectivity index (χ3v) is 4.16. The van der Waals surface area contributed by atoms with E-state index in [1.54, 1.807) is 7.11 Å². The molecule has 0 radical (unpaired) electrons. The number of furan rings is 1. The summed E-state index contributed by atoms with van der Waals surface area (Å²) in [7, 11) is 1.68. The van der Waals surface area contributed by atoms with Gasteiger partial charge in [0.25, 0.3) is 0 Å². The maximum atomic E-state index is 6.14. The molecule has 0 saturated heterocycles. The first kappa shape index (κ1) is 11.6. The Morgan fingerprint density at radius 1 is 1.33 bits per heavy atom. The number of fused-ring (bicyclic) bond motifs is 1. The summed E-state index contributed by atoms with van der Waals surface area (Å²) >= 11 is 0. The van der Waals surface area contributed by atoms with Crippen molar-refractivity contribution >= 4 is 11.0 Å². The van der Waals surface area contributed by atoms with Gasteiger partial charge < -0.3 is 14.9 Å². The van der Waals surface area contributed by atoms with E-state index in [9.17, 15) is 0 Å². The van der Waals surface area contributed by atoms with Crippen molar-refractivity contribution < 1.29 is 9.15 Å². The topological polar surface area (TPSA) is 48.4 Å². The van der Waals surface area contributed by atoms with E-state index < -0.39 is 0 Å². The fourth-order valence-electron chi connectivity index (χ4n) is 2.83. The van der Waals surface area contributed by atoms with Crippen molar-refractivity contribution in [3.63, 3.8) is 0 Å². The molecule has 96 valence electrons. The number of aryl methyl sites for hydroxylation is 1. The summed E-state index contributed by atoms with van der Waals surface area (Å²) in [5, 5.41) is 1.11. The van der Waals surface area contributed by atoms with E-state index in [0.717, 1.165) is 35.3 Å². The van der Waals surface area contributed by atoms with Crippen LogP contribution in [0.3, 0.4) is 0 Å². The molecule has 1 aromatic heterocycles. The molecule has 1 atom stereocenters. The molecule has 1 unspecified atom stereocenters. The lowest BCUT2D eigenvalue weighted by Gasteiger charge is -2.20. The largest absolute Gasteiger partial charge is 0.493 e. The maximum absolute atomic E-state index is 6.14. The van der Waals surface area contributed by atoms with Crippen molar-refractivity contribution in [3.05, 3.63) is 29.5 Å². The van der Waals surface area contributed by atoms with Gasteiger partial charge in [0.1, 0.15) is 5.76 Å². The fraction of sp³-hybridized carbons (Fsp3) is 0.467. The molecule has 0 spiro atoms. The van der Waals surface area contributed by atoms with E-state index in [0.29, 0.717) is 0 Å². The lowest BCUT2D eigenvalue weighted by Crippen LogP contribution is -2.31. The first-order valence-corrected chi connectivity index (χ1v) is 6.41. The molecular weight excluding hydrogens is 226 g/mol. The molecule has 2 aromatic rings. The molecule has 3 heteroatoms. The average Bonchev–Trinajstić information content (AvgIpc) is 3.05. The summed E-state index contributed by atoms with van der Waals surface area (Å²) in [6.07, 6.45) is 2.33. The summed E-state index contributed by atoms with van der Waals surface area (Å²) in [4.78, 5) is 0. The lowest BCUT2D eigenvalue weighted by atomic mass is 9.88. The number of nitrogens with two attached hydrogens (primary N) is 1. The Bertz CT molecular complexity index is 594. The van der Waals surface area contributed by atoms with E-state index in [1.165, 1.54) is 5.56 Å². The number of hydrogen-bond donors (Lipinski definition) is 1. The van der Waals surface area contributed by atoms with Crippen LogP contribution in [-0.2, 0) is 5.41 Å². The summed E-state index contributed by atoms with van der Waals surface area (Å²) < 4.78 is 11.1. The molecular formula is C15H19NO2. The standard InChI is InChI=1S/C15H19NO2/c1-9-6-11-7-12(15(4-5-15)10(2)16)8-13(17-3)14(11)18-9/h6-8,10H,4-5,16H2,1-3H3. The summed E-state index contributed by atoms with van der Waals surface area (Å²) in [6.45, 7) is 4.04. The molecule has 1 aliphatic rings. The third-order valence-electron chi connectivity index (χ3n) is 4.16. The molecule has 1 fully saturated rings. The molecule has 0 amide bonds. The number of rotatable bonds is 3. The highest BCUT2D eigenvalue weighted by atomic mass is 16.5. The monoisotopic (exact) mass is 245 g/mol. The van der Waals surface area contributed by atoms with Gasteiger partial charge in [-0.2, -0.15) is 0 Å². The van der Waals surface area contributed by atoms with Crippen LogP contribution in [-0.4, -0.2) is 13.2 Å². The van der Waals surface area contributed by atoms with Crippen LogP contribution in [0.2, 0.25) is 0 Å². The molecule has 0 bridgehead atoms. The number of hydrogen-bond acceptors (Lipinski definition) is 3. The second-order valence-corrected chi connectivity index (χ2v) is 5.40. The van der Waals surface area contributed by atoms with Gasteiger partial charge in [-0.15, -0.1) is 0 Å². The zero-order chi connectivity index (χ0) is 12.9. The van der Waals surface area contributed by atoms with Crippen LogP contribution in [0.15, 0.2) is 22.6 Å². The van der Waals surface area contributed by atoms with Crippen molar-refractivity contribution in [1.29, 1.82) is 0 Å². The summed E-state index contributed by atoms with van der Waals surface area (Å²) in [5.41, 5.74) is 8.40. The van der Waals surface area contributed by atoms with Crippen LogP contribution in [0.4, 0.5) is 0 Å². The van der Waals surface area contributed by atoms with E-state index in [-0.39, 0.29) is 11.5 Å². The SMILES string of the molecule is COc1cc(C2(C(C)N)CC2)cc2cc(C)oc12. The van der Waals surface area contributed by atoms with E-state index in [1.807, 2.05) is 6.92 Å². The minimum absolute atomic E-state index is 0.145. The highest BCUT2D eigenvalue weighted by Gasteiger charge is 2.47. The van der Waals surface area contributed by atoms with Crippen LogP contribution in [0, 0.1) is 6.92 Å².